The summed E-state index contributed by atoms with van der Waals surface area (Å²) in [7, 11) is -1.79. The van der Waals surface area contributed by atoms with Crippen LogP contribution in [-0.2, 0) is 34.0 Å². The average molecular weight is 589 g/mol. The van der Waals surface area contributed by atoms with Crippen molar-refractivity contribution >= 4 is 27.0 Å². The van der Waals surface area contributed by atoms with Gasteiger partial charge in [-0.05, 0) is 73.7 Å². The maximum absolute atomic E-state index is 13.7. The molecule has 0 aliphatic carbocycles. The third kappa shape index (κ3) is 7.48. The zero-order chi connectivity index (χ0) is 30.0. The van der Waals surface area contributed by atoms with E-state index < -0.39 is 37.8 Å². The Labute approximate surface area is 239 Å². The van der Waals surface area contributed by atoms with Gasteiger partial charge in [0.05, 0.1) is 11.8 Å². The van der Waals surface area contributed by atoms with Crippen molar-refractivity contribution in [2.75, 3.05) is 5.75 Å². The number of benzene rings is 2. The Morgan fingerprint density at radius 2 is 1.70 bits per heavy atom. The first kappa shape index (κ1) is 31.7. The van der Waals surface area contributed by atoms with E-state index in [2.05, 4.69) is 4.72 Å². The van der Waals surface area contributed by atoms with E-state index in [4.69, 9.17) is 0 Å². The molecular weight excluding hydrogens is 551 g/mol. The second kappa shape index (κ2) is 12.4. The maximum atomic E-state index is 13.7. The Balaban J connectivity index is 2.33. The maximum Gasteiger partial charge on any atom is 0.250 e. The molecule has 1 unspecified atom stereocenters. The summed E-state index contributed by atoms with van der Waals surface area (Å²) in [6.45, 7) is 11.0. The van der Waals surface area contributed by atoms with E-state index in [-0.39, 0.29) is 39.9 Å². The summed E-state index contributed by atoms with van der Waals surface area (Å²) >= 11 is -1.47. The number of hydrogen-bond donors (Lipinski definition) is 1. The highest BCUT2D eigenvalue weighted by atomic mass is 32.2. The molecular formula is C30H37FN2O5S2. The topological polar surface area (TPSA) is 108 Å². The molecule has 40 heavy (non-hydrogen) atoms. The molecule has 0 aliphatic heterocycles. The lowest BCUT2D eigenvalue weighted by atomic mass is 9.87. The minimum absolute atomic E-state index is 0.0400. The van der Waals surface area contributed by atoms with E-state index in [1.165, 1.54) is 34.9 Å². The van der Waals surface area contributed by atoms with Gasteiger partial charge < -0.3 is 9.12 Å². The van der Waals surface area contributed by atoms with E-state index in [9.17, 15) is 27.0 Å². The Hall–Kier alpha value is -2.79. The van der Waals surface area contributed by atoms with Gasteiger partial charge in [-0.1, -0.05) is 32.9 Å². The average Bonchev–Trinajstić information content (AvgIpc) is 2.87. The van der Waals surface area contributed by atoms with Crippen LogP contribution in [0.4, 0.5) is 4.39 Å². The van der Waals surface area contributed by atoms with Crippen molar-refractivity contribution in [3.05, 3.63) is 93.2 Å². The van der Waals surface area contributed by atoms with E-state index in [0.717, 1.165) is 0 Å². The number of aryl methyl sites for hydroxylation is 1. The summed E-state index contributed by atoms with van der Waals surface area (Å²) in [6.07, 6.45) is 1.61. The first-order valence-electron chi connectivity index (χ1n) is 13.1. The van der Waals surface area contributed by atoms with Crippen molar-refractivity contribution in [3.63, 3.8) is 0 Å². The number of sulfone groups is 1. The number of rotatable bonds is 10. The van der Waals surface area contributed by atoms with Crippen LogP contribution in [0, 0.1) is 11.7 Å². The standard InChI is InChI=1S/C30H37FN2O5S2/c1-8-40(37,38)18-20-9-14-23(29(35)21-10-12-22(31)13-11-21)24(15-20)26-17-33(7)27(34)16-25(26)28(19(2)3)32-39(36)30(4,5)6/h9-17,19,28,32H,8,18H2,1-7H3/t28-,39?/m0/s1. The van der Waals surface area contributed by atoms with Gasteiger partial charge in [-0.15, -0.1) is 4.72 Å². The van der Waals surface area contributed by atoms with Gasteiger partial charge in [-0.25, -0.2) is 12.8 Å². The second-order valence-corrected chi connectivity index (χ2v) is 15.6. The molecule has 10 heteroatoms. The third-order valence-electron chi connectivity index (χ3n) is 6.60. The van der Waals surface area contributed by atoms with Gasteiger partial charge >= 0.3 is 0 Å². The van der Waals surface area contributed by atoms with Gasteiger partial charge in [0, 0.05) is 53.1 Å². The van der Waals surface area contributed by atoms with Crippen LogP contribution in [0.25, 0.3) is 11.1 Å². The van der Waals surface area contributed by atoms with Crippen LogP contribution in [-0.4, -0.2) is 33.8 Å². The van der Waals surface area contributed by atoms with Gasteiger partial charge in [-0.3, -0.25) is 9.59 Å². The first-order valence-corrected chi connectivity index (χ1v) is 16.0. The molecule has 2 atom stereocenters. The molecule has 0 aliphatic rings. The SMILES string of the molecule is CCS(=O)(=O)Cc1ccc(C(=O)c2ccc(F)cc2)c(-c2cn(C)c(=O)cc2[C@@H](N[S+]([O-])C(C)(C)C)C(C)C)c1. The second-order valence-electron chi connectivity index (χ2n) is 11.2. The van der Waals surface area contributed by atoms with E-state index in [1.54, 1.807) is 38.4 Å². The van der Waals surface area contributed by atoms with Crippen LogP contribution in [0.5, 0.6) is 0 Å². The smallest absolute Gasteiger partial charge is 0.250 e. The van der Waals surface area contributed by atoms with Crippen molar-refractivity contribution < 1.29 is 22.2 Å². The Morgan fingerprint density at radius 1 is 1.07 bits per heavy atom. The summed E-state index contributed by atoms with van der Waals surface area (Å²) in [5, 5.41) is 0. The number of carbonyl (C=O) groups is 1. The summed E-state index contributed by atoms with van der Waals surface area (Å²) in [6, 6.07) is 11.0. The first-order chi connectivity index (χ1) is 18.5. The number of hydrogen-bond acceptors (Lipinski definition) is 6. The number of carbonyl (C=O) groups excluding carboxylic acids is 1. The monoisotopic (exact) mass is 588 g/mol. The molecule has 0 radical (unpaired) electrons. The van der Waals surface area contributed by atoms with E-state index in [1.807, 2.05) is 34.6 Å². The van der Waals surface area contributed by atoms with Crippen LogP contribution in [0.15, 0.2) is 59.5 Å². The number of ketones is 1. The van der Waals surface area contributed by atoms with E-state index >= 15 is 0 Å². The van der Waals surface area contributed by atoms with Crippen molar-refractivity contribution in [1.29, 1.82) is 0 Å². The van der Waals surface area contributed by atoms with Crippen LogP contribution >= 0.6 is 0 Å². The highest BCUT2D eigenvalue weighted by Crippen LogP contribution is 2.36. The Bertz CT molecular complexity index is 1540. The van der Waals surface area contributed by atoms with Crippen molar-refractivity contribution in [2.24, 2.45) is 13.0 Å². The highest BCUT2D eigenvalue weighted by molar-refractivity contribution is 7.91. The van der Waals surface area contributed by atoms with Crippen molar-refractivity contribution in [2.45, 2.75) is 58.1 Å². The molecule has 7 nitrogen and oxygen atoms in total. The van der Waals surface area contributed by atoms with Crippen LogP contribution in [0.3, 0.4) is 0 Å². The van der Waals surface area contributed by atoms with Crippen LogP contribution in [0.1, 0.15) is 74.6 Å². The molecule has 0 saturated carbocycles. The van der Waals surface area contributed by atoms with Crippen LogP contribution in [0.2, 0.25) is 0 Å². The molecule has 0 bridgehead atoms. The fraction of sp³-hybridized carbons (Fsp3) is 0.400. The summed E-state index contributed by atoms with van der Waals surface area (Å²) in [4.78, 5) is 26.6. The lowest BCUT2D eigenvalue weighted by molar-refractivity contribution is 0.103. The Kier molecular flexibility index (Phi) is 9.82. The molecule has 0 saturated heterocycles. The minimum atomic E-state index is -3.38. The summed E-state index contributed by atoms with van der Waals surface area (Å²) < 4.78 is 55.7. The molecule has 1 heterocycles. The molecule has 3 rings (SSSR count). The van der Waals surface area contributed by atoms with Gasteiger partial charge in [0.25, 0.3) is 5.56 Å². The fourth-order valence-electron chi connectivity index (χ4n) is 4.19. The quantitative estimate of drug-likeness (QED) is 0.261. The number of nitrogens with one attached hydrogen (secondary N) is 1. The number of pyridine rings is 1. The zero-order valence-electron chi connectivity index (χ0n) is 23.9. The fourth-order valence-corrected chi connectivity index (χ4v) is 6.07. The number of aromatic nitrogens is 1. The van der Waals surface area contributed by atoms with Gasteiger partial charge in [-0.2, -0.15) is 0 Å². The predicted molar refractivity (Wildman–Crippen MR) is 159 cm³/mol. The molecule has 0 fully saturated rings. The van der Waals surface area contributed by atoms with E-state index in [0.29, 0.717) is 22.3 Å². The number of halogens is 1. The molecule has 1 N–H and O–H groups in total. The van der Waals surface area contributed by atoms with Crippen molar-refractivity contribution in [1.82, 2.24) is 9.29 Å². The Morgan fingerprint density at radius 3 is 2.25 bits per heavy atom. The lowest BCUT2D eigenvalue weighted by Crippen LogP contribution is -2.43. The molecule has 216 valence electrons. The molecule has 2 aromatic carbocycles. The van der Waals surface area contributed by atoms with Crippen molar-refractivity contribution in [3.8, 4) is 11.1 Å². The predicted octanol–water partition coefficient (Wildman–Crippen LogP) is 5.11. The third-order valence-corrected chi connectivity index (χ3v) is 9.84. The summed E-state index contributed by atoms with van der Waals surface area (Å²) in [5.41, 5.74) is 2.22. The zero-order valence-corrected chi connectivity index (χ0v) is 25.6. The lowest BCUT2D eigenvalue weighted by Gasteiger charge is -2.31. The van der Waals surface area contributed by atoms with Gasteiger partial charge in [0.2, 0.25) is 0 Å². The van der Waals surface area contributed by atoms with Gasteiger partial charge in [0.1, 0.15) is 10.6 Å². The van der Waals surface area contributed by atoms with Crippen LogP contribution < -0.4 is 10.3 Å². The molecule has 0 spiro atoms. The largest absolute Gasteiger partial charge is 0.598 e. The molecule has 3 aromatic rings. The minimum Gasteiger partial charge on any atom is -0.598 e. The number of nitrogens with zero attached hydrogens (tertiary/aromatic N) is 1. The molecule has 1 aromatic heterocycles. The highest BCUT2D eigenvalue weighted by Gasteiger charge is 2.33. The normalized spacial score (nSPS) is 13.8. The van der Waals surface area contributed by atoms with Gasteiger partial charge in [0.15, 0.2) is 15.6 Å². The molecule has 0 amide bonds. The summed E-state index contributed by atoms with van der Waals surface area (Å²) in [5.74, 6) is -1.22.